The van der Waals surface area contributed by atoms with Gasteiger partial charge in [-0.05, 0) is 0 Å². The summed E-state index contributed by atoms with van der Waals surface area (Å²) in [5, 5.41) is 7.18. The van der Waals surface area contributed by atoms with Gasteiger partial charge in [0, 0.05) is 33.9 Å². The Morgan fingerprint density at radius 1 is 0.750 bits per heavy atom. The van der Waals surface area contributed by atoms with Gasteiger partial charge in [0.05, 0.1) is 0 Å². The highest BCUT2D eigenvalue weighted by Gasteiger charge is 2.28. The third-order valence-electron chi connectivity index (χ3n) is 2.83. The first-order chi connectivity index (χ1) is 9.52. The maximum Gasteiger partial charge on any atom is 0.401 e. The summed E-state index contributed by atoms with van der Waals surface area (Å²) in [6, 6.07) is 13.9. The molecule has 0 fully saturated rings. The molecule has 0 heterocycles. The summed E-state index contributed by atoms with van der Waals surface area (Å²) < 4.78 is 0. The molecule has 4 nitrogen and oxygen atoms in total. The second-order valence-electron chi connectivity index (χ2n) is 4.00. The number of ketones is 2. The van der Waals surface area contributed by atoms with Crippen LogP contribution < -0.4 is 0 Å². The molecule has 2 aromatic carbocycles. The molecule has 0 aromatic heterocycles. The van der Waals surface area contributed by atoms with E-state index in [1.165, 1.54) is 0 Å². The van der Waals surface area contributed by atoms with E-state index < -0.39 is 5.43 Å². The van der Waals surface area contributed by atoms with Crippen LogP contribution in [0.5, 0.6) is 0 Å². The van der Waals surface area contributed by atoms with Gasteiger partial charge in [-0.3, -0.25) is 9.59 Å². The van der Waals surface area contributed by atoms with Crippen LogP contribution in [0.1, 0.15) is 31.8 Å². The number of carbonyl (C=O) groups is 3. The Morgan fingerprint density at radius 2 is 0.950 bits per heavy atom. The standard InChI is InChI=1S/C14H8O2.CHClO2/c15-13-9-5-1-2-6-10(9)14(16)12-8-4-3-7-11(12)13;2-1(3)4/h1-8H;(H,3,4). The summed E-state index contributed by atoms with van der Waals surface area (Å²) in [6.45, 7) is 0. The summed E-state index contributed by atoms with van der Waals surface area (Å²) in [6.07, 6.45) is 0. The second kappa shape index (κ2) is 5.67. The quantitative estimate of drug-likeness (QED) is 0.644. The van der Waals surface area contributed by atoms with Crippen molar-refractivity contribution in [3.05, 3.63) is 70.8 Å². The highest BCUT2D eigenvalue weighted by Crippen LogP contribution is 2.26. The van der Waals surface area contributed by atoms with Crippen LogP contribution in [0.15, 0.2) is 48.5 Å². The van der Waals surface area contributed by atoms with Gasteiger partial charge in [-0.25, -0.2) is 4.79 Å². The highest BCUT2D eigenvalue weighted by molar-refractivity contribution is 6.60. The number of hydrogen-bond donors (Lipinski definition) is 1. The van der Waals surface area contributed by atoms with Crippen LogP contribution in [-0.2, 0) is 0 Å². The molecule has 0 unspecified atom stereocenters. The highest BCUT2D eigenvalue weighted by atomic mass is 35.5. The SMILES string of the molecule is O=C(O)Cl.O=C1c2ccccc2C(=O)c2ccccc21. The van der Waals surface area contributed by atoms with Crippen molar-refractivity contribution >= 4 is 28.6 Å². The van der Waals surface area contributed by atoms with Crippen molar-refractivity contribution in [2.75, 3.05) is 0 Å². The molecule has 0 atom stereocenters. The van der Waals surface area contributed by atoms with E-state index in [9.17, 15) is 9.59 Å². The fraction of sp³-hybridized carbons (Fsp3) is 0. The molecular formula is C15H9ClO4. The Kier molecular flexibility index (Phi) is 3.96. The zero-order chi connectivity index (χ0) is 14.7. The van der Waals surface area contributed by atoms with Crippen LogP contribution in [0, 0.1) is 0 Å². The van der Waals surface area contributed by atoms with Gasteiger partial charge in [-0.2, -0.15) is 0 Å². The molecule has 0 aliphatic heterocycles. The van der Waals surface area contributed by atoms with E-state index in [-0.39, 0.29) is 11.6 Å². The molecule has 2 aromatic rings. The number of benzene rings is 2. The predicted molar refractivity (Wildman–Crippen MR) is 73.6 cm³/mol. The van der Waals surface area contributed by atoms with Crippen molar-refractivity contribution in [3.8, 4) is 0 Å². The monoisotopic (exact) mass is 288 g/mol. The second-order valence-corrected chi connectivity index (χ2v) is 4.33. The normalized spacial score (nSPS) is 11.8. The molecule has 5 heteroatoms. The van der Waals surface area contributed by atoms with E-state index in [0.29, 0.717) is 22.3 Å². The van der Waals surface area contributed by atoms with Crippen molar-refractivity contribution in [3.63, 3.8) is 0 Å². The minimum absolute atomic E-state index is 0.0641. The number of carboxylic acid groups (broad SMARTS) is 1. The molecule has 0 bridgehead atoms. The zero-order valence-corrected chi connectivity index (χ0v) is 10.9. The summed E-state index contributed by atoms with van der Waals surface area (Å²) in [4.78, 5) is 33.0. The van der Waals surface area contributed by atoms with Crippen LogP contribution in [-0.4, -0.2) is 22.1 Å². The van der Waals surface area contributed by atoms with Crippen LogP contribution in [0.3, 0.4) is 0 Å². The van der Waals surface area contributed by atoms with Crippen LogP contribution in [0.2, 0.25) is 0 Å². The van der Waals surface area contributed by atoms with Gasteiger partial charge in [-0.1, -0.05) is 48.5 Å². The minimum atomic E-state index is -1.36. The first-order valence-corrected chi connectivity index (χ1v) is 6.06. The molecule has 3 rings (SSSR count). The third kappa shape index (κ3) is 2.60. The molecule has 0 radical (unpaired) electrons. The molecular weight excluding hydrogens is 280 g/mol. The average Bonchev–Trinajstić information content (AvgIpc) is 2.44. The lowest BCUT2D eigenvalue weighted by Crippen LogP contribution is -2.20. The van der Waals surface area contributed by atoms with E-state index in [2.05, 4.69) is 11.6 Å². The molecule has 0 saturated carbocycles. The van der Waals surface area contributed by atoms with Gasteiger partial charge >= 0.3 is 5.43 Å². The Labute approximate surface area is 119 Å². The molecule has 1 aliphatic rings. The first-order valence-electron chi connectivity index (χ1n) is 5.68. The molecule has 0 saturated heterocycles. The largest absolute Gasteiger partial charge is 0.469 e. The Balaban J connectivity index is 0.000000328. The number of fused-ring (bicyclic) bond motifs is 2. The Morgan fingerprint density at radius 3 is 1.15 bits per heavy atom. The summed E-state index contributed by atoms with van der Waals surface area (Å²) in [5.74, 6) is -0.128. The fourth-order valence-electron chi connectivity index (χ4n) is 2.05. The minimum Gasteiger partial charge on any atom is -0.469 e. The summed E-state index contributed by atoms with van der Waals surface area (Å²) in [5.41, 5.74) is 0.662. The lowest BCUT2D eigenvalue weighted by atomic mass is 9.84. The first kappa shape index (κ1) is 14.0. The molecule has 20 heavy (non-hydrogen) atoms. The van der Waals surface area contributed by atoms with E-state index in [1.807, 2.05) is 0 Å². The van der Waals surface area contributed by atoms with Gasteiger partial charge in [0.25, 0.3) is 0 Å². The van der Waals surface area contributed by atoms with Gasteiger partial charge in [0.1, 0.15) is 0 Å². The predicted octanol–water partition coefficient (Wildman–Crippen LogP) is 3.37. The van der Waals surface area contributed by atoms with Crippen molar-refractivity contribution in [2.45, 2.75) is 0 Å². The fourth-order valence-corrected chi connectivity index (χ4v) is 2.05. The smallest absolute Gasteiger partial charge is 0.401 e. The van der Waals surface area contributed by atoms with Gasteiger partial charge in [0.2, 0.25) is 0 Å². The maximum atomic E-state index is 12.1. The number of halogens is 1. The van der Waals surface area contributed by atoms with E-state index in [4.69, 9.17) is 9.90 Å². The molecule has 1 aliphatic carbocycles. The van der Waals surface area contributed by atoms with E-state index >= 15 is 0 Å². The van der Waals surface area contributed by atoms with Crippen LogP contribution >= 0.6 is 11.6 Å². The Hall–Kier alpha value is -2.46. The number of rotatable bonds is 0. The van der Waals surface area contributed by atoms with Gasteiger partial charge in [-0.15, -0.1) is 0 Å². The maximum absolute atomic E-state index is 12.1. The third-order valence-corrected chi connectivity index (χ3v) is 2.83. The topological polar surface area (TPSA) is 71.4 Å². The summed E-state index contributed by atoms with van der Waals surface area (Å²) in [7, 11) is 0. The molecule has 0 amide bonds. The molecule has 100 valence electrons. The van der Waals surface area contributed by atoms with Gasteiger partial charge in [0.15, 0.2) is 11.6 Å². The van der Waals surface area contributed by atoms with E-state index in [0.717, 1.165) is 0 Å². The number of hydrogen-bond acceptors (Lipinski definition) is 3. The van der Waals surface area contributed by atoms with Gasteiger partial charge < -0.3 is 5.11 Å². The zero-order valence-electron chi connectivity index (χ0n) is 10.2. The van der Waals surface area contributed by atoms with Crippen molar-refractivity contribution in [1.82, 2.24) is 0 Å². The van der Waals surface area contributed by atoms with Crippen molar-refractivity contribution in [2.24, 2.45) is 0 Å². The molecule has 1 N–H and O–H groups in total. The Bertz CT molecular complexity index is 597. The van der Waals surface area contributed by atoms with E-state index in [1.54, 1.807) is 48.5 Å². The summed E-state index contributed by atoms with van der Waals surface area (Å²) >= 11 is 4.19. The lowest BCUT2D eigenvalue weighted by Gasteiger charge is -2.16. The van der Waals surface area contributed by atoms with Crippen molar-refractivity contribution < 1.29 is 19.5 Å². The van der Waals surface area contributed by atoms with Crippen LogP contribution in [0.4, 0.5) is 4.79 Å². The lowest BCUT2D eigenvalue weighted by molar-refractivity contribution is 0.0979. The van der Waals surface area contributed by atoms with Crippen molar-refractivity contribution in [1.29, 1.82) is 0 Å². The average molecular weight is 289 g/mol. The molecule has 0 spiro atoms. The van der Waals surface area contributed by atoms with Crippen LogP contribution in [0.25, 0.3) is 0 Å². The number of carbonyl (C=O) groups excluding carboxylic acids is 2.